The summed E-state index contributed by atoms with van der Waals surface area (Å²) in [6, 6.07) is 11.8. The van der Waals surface area contributed by atoms with Gasteiger partial charge in [-0.1, -0.05) is 12.1 Å². The van der Waals surface area contributed by atoms with E-state index < -0.39 is 5.54 Å². The maximum Gasteiger partial charge on any atom is 0.149 e. The minimum atomic E-state index is -0.515. The van der Waals surface area contributed by atoms with Crippen molar-refractivity contribution in [2.75, 3.05) is 5.73 Å². The van der Waals surface area contributed by atoms with Gasteiger partial charge >= 0.3 is 0 Å². The molecule has 134 valence electrons. The Morgan fingerprint density at radius 3 is 2.65 bits per heavy atom. The summed E-state index contributed by atoms with van der Waals surface area (Å²) in [7, 11) is 0. The molecule has 1 aromatic heterocycles. The van der Waals surface area contributed by atoms with Crippen molar-refractivity contribution in [2.45, 2.75) is 24.8 Å². The van der Waals surface area contributed by atoms with E-state index in [1.807, 2.05) is 30.3 Å². The average molecular weight is 350 g/mol. The first-order chi connectivity index (χ1) is 12.6. The molecule has 0 saturated heterocycles. The monoisotopic (exact) mass is 350 g/mol. The molecule has 7 heteroatoms. The lowest BCUT2D eigenvalue weighted by atomic mass is 9.90. The summed E-state index contributed by atoms with van der Waals surface area (Å²) in [4.78, 5) is 4.38. The van der Waals surface area contributed by atoms with Crippen LogP contribution in [0.2, 0.25) is 0 Å². The Hall–Kier alpha value is -3.19. The van der Waals surface area contributed by atoms with Crippen molar-refractivity contribution in [3.63, 3.8) is 0 Å². The number of furan rings is 1. The molecule has 0 radical (unpaired) electrons. The first-order valence-corrected chi connectivity index (χ1v) is 8.56. The molecular weight excluding hydrogens is 328 g/mol. The summed E-state index contributed by atoms with van der Waals surface area (Å²) in [6.45, 7) is 0. The van der Waals surface area contributed by atoms with Crippen LogP contribution in [0.4, 0.5) is 5.69 Å². The minimum Gasteiger partial charge on any atom is -0.467 e. The van der Waals surface area contributed by atoms with Gasteiger partial charge < -0.3 is 21.6 Å². The highest BCUT2D eigenvalue weighted by atomic mass is 16.3. The molecule has 0 aliphatic carbocycles. The van der Waals surface area contributed by atoms with Crippen LogP contribution >= 0.6 is 0 Å². The van der Waals surface area contributed by atoms with Crippen LogP contribution in [0.3, 0.4) is 0 Å². The Labute approximate surface area is 151 Å². The molecule has 0 fully saturated rings. The normalized spacial score (nSPS) is 21.8. The fraction of sp³-hybridized carbons (Fsp3) is 0.211. The second kappa shape index (κ2) is 6.27. The predicted octanol–water partition coefficient (Wildman–Crippen LogP) is 1.91. The van der Waals surface area contributed by atoms with Gasteiger partial charge in [0.05, 0.1) is 6.26 Å². The zero-order valence-electron chi connectivity index (χ0n) is 14.4. The fourth-order valence-corrected chi connectivity index (χ4v) is 3.40. The average Bonchev–Trinajstić information content (AvgIpc) is 3.25. The molecule has 26 heavy (non-hydrogen) atoms. The van der Waals surface area contributed by atoms with E-state index in [9.17, 15) is 0 Å². The van der Waals surface area contributed by atoms with Crippen LogP contribution in [-0.2, 0) is 12.0 Å². The van der Waals surface area contributed by atoms with Crippen molar-refractivity contribution in [3.05, 3.63) is 77.8 Å². The number of rotatable bonds is 5. The summed E-state index contributed by atoms with van der Waals surface area (Å²) in [5.74, 6) is 2.41. The Bertz CT molecular complexity index is 881. The number of nitrogens with zero attached hydrogens (tertiary/aromatic N) is 2. The standard InChI is InChI=1S/C19H22N6O/c20-14-7-5-13(6-8-14)3-1-9-19(15-4-2-10-26-15)12-18-23-16(21)11-17(22)25(18)24-19/h2,4-8,10-12,24H,1,3,9,20,22H2,(H2,21,23). The summed E-state index contributed by atoms with van der Waals surface area (Å²) in [5, 5.41) is 1.75. The van der Waals surface area contributed by atoms with E-state index in [1.165, 1.54) is 5.56 Å². The van der Waals surface area contributed by atoms with Crippen molar-refractivity contribution >= 4 is 11.5 Å². The maximum atomic E-state index is 6.10. The quantitative estimate of drug-likeness (QED) is 0.612. The number of hydrogen-bond acceptors (Lipinski definition) is 7. The van der Waals surface area contributed by atoms with Crippen LogP contribution in [0.1, 0.15) is 24.2 Å². The number of aliphatic imine (C=N–C) groups is 1. The van der Waals surface area contributed by atoms with Gasteiger partial charge in [-0.15, -0.1) is 0 Å². The number of hydrazine groups is 1. The SMILES string of the molecule is NC1=CC(N)=NC2=CC(CCCc3ccc(N)cc3)(c3ccco3)NN12. The van der Waals surface area contributed by atoms with Gasteiger partial charge in [0.1, 0.15) is 28.8 Å². The number of nitrogen functional groups attached to an aromatic ring is 1. The molecule has 0 saturated carbocycles. The first kappa shape index (κ1) is 16.3. The molecule has 2 aromatic rings. The molecule has 7 nitrogen and oxygen atoms in total. The highest BCUT2D eigenvalue weighted by Crippen LogP contribution is 2.38. The van der Waals surface area contributed by atoms with E-state index in [1.54, 1.807) is 17.3 Å². The molecule has 1 unspecified atom stereocenters. The fourth-order valence-electron chi connectivity index (χ4n) is 3.40. The lowest BCUT2D eigenvalue weighted by Gasteiger charge is -2.30. The lowest BCUT2D eigenvalue weighted by molar-refractivity contribution is 0.205. The number of anilines is 1. The molecule has 2 aliphatic rings. The largest absolute Gasteiger partial charge is 0.467 e. The highest BCUT2D eigenvalue weighted by Gasteiger charge is 2.42. The molecule has 7 N–H and O–H groups in total. The molecule has 1 aromatic carbocycles. The number of hydrogen-bond donors (Lipinski definition) is 4. The van der Waals surface area contributed by atoms with Crippen LogP contribution in [0.15, 0.2) is 75.9 Å². The van der Waals surface area contributed by atoms with Gasteiger partial charge in [-0.25, -0.2) is 15.4 Å². The third-order valence-electron chi connectivity index (χ3n) is 4.69. The van der Waals surface area contributed by atoms with Gasteiger partial charge in [-0.05, 0) is 55.2 Å². The van der Waals surface area contributed by atoms with Crippen LogP contribution in [-0.4, -0.2) is 10.8 Å². The van der Waals surface area contributed by atoms with Crippen molar-refractivity contribution in [2.24, 2.45) is 16.5 Å². The van der Waals surface area contributed by atoms with E-state index >= 15 is 0 Å². The lowest BCUT2D eigenvalue weighted by Crippen LogP contribution is -2.47. The molecule has 4 rings (SSSR count). The zero-order valence-corrected chi connectivity index (χ0v) is 14.4. The molecule has 0 amide bonds. The number of nitrogens with two attached hydrogens (primary N) is 3. The number of aryl methyl sites for hydroxylation is 1. The van der Waals surface area contributed by atoms with Crippen molar-refractivity contribution in [1.29, 1.82) is 0 Å². The topological polar surface area (TPSA) is 119 Å². The van der Waals surface area contributed by atoms with E-state index in [0.29, 0.717) is 17.5 Å². The second-order valence-corrected chi connectivity index (χ2v) is 6.60. The van der Waals surface area contributed by atoms with Crippen LogP contribution in [0.25, 0.3) is 0 Å². The smallest absolute Gasteiger partial charge is 0.149 e. The van der Waals surface area contributed by atoms with E-state index in [4.69, 9.17) is 21.6 Å². The first-order valence-electron chi connectivity index (χ1n) is 8.56. The van der Waals surface area contributed by atoms with Crippen LogP contribution in [0, 0.1) is 0 Å². The summed E-state index contributed by atoms with van der Waals surface area (Å²) in [6.07, 6.45) is 8.03. The molecule has 2 aliphatic heterocycles. The molecule has 3 heterocycles. The minimum absolute atomic E-state index is 0.393. The van der Waals surface area contributed by atoms with Gasteiger partial charge in [0.25, 0.3) is 0 Å². The Kier molecular flexibility index (Phi) is 3.93. The van der Waals surface area contributed by atoms with Crippen molar-refractivity contribution < 1.29 is 4.42 Å². The summed E-state index contributed by atoms with van der Waals surface area (Å²) >= 11 is 0. The molecule has 0 bridgehead atoms. The second-order valence-electron chi connectivity index (χ2n) is 6.60. The predicted molar refractivity (Wildman–Crippen MR) is 101 cm³/mol. The van der Waals surface area contributed by atoms with Crippen LogP contribution < -0.4 is 22.6 Å². The third kappa shape index (κ3) is 2.93. The number of fused-ring (bicyclic) bond motifs is 1. The number of amidine groups is 1. The summed E-state index contributed by atoms with van der Waals surface area (Å²) in [5.41, 5.74) is 22.7. The Morgan fingerprint density at radius 1 is 1.12 bits per heavy atom. The van der Waals surface area contributed by atoms with Gasteiger partial charge in [-0.2, -0.15) is 0 Å². The number of nitrogens with one attached hydrogen (secondary N) is 1. The molecular formula is C19H22N6O. The van der Waals surface area contributed by atoms with Gasteiger partial charge in [0.15, 0.2) is 0 Å². The van der Waals surface area contributed by atoms with Crippen molar-refractivity contribution in [1.82, 2.24) is 10.4 Å². The van der Waals surface area contributed by atoms with Crippen LogP contribution in [0.5, 0.6) is 0 Å². The summed E-state index contributed by atoms with van der Waals surface area (Å²) < 4.78 is 5.72. The third-order valence-corrected chi connectivity index (χ3v) is 4.69. The van der Waals surface area contributed by atoms with E-state index in [0.717, 1.165) is 30.7 Å². The van der Waals surface area contributed by atoms with Gasteiger partial charge in [0, 0.05) is 11.8 Å². The van der Waals surface area contributed by atoms with E-state index in [-0.39, 0.29) is 0 Å². The van der Waals surface area contributed by atoms with Crippen molar-refractivity contribution in [3.8, 4) is 0 Å². The molecule has 1 atom stereocenters. The maximum absolute atomic E-state index is 6.10. The number of benzene rings is 1. The Balaban J connectivity index is 1.57. The Morgan fingerprint density at radius 2 is 1.92 bits per heavy atom. The van der Waals surface area contributed by atoms with Gasteiger partial charge in [-0.3, -0.25) is 0 Å². The molecule has 0 spiro atoms. The highest BCUT2D eigenvalue weighted by molar-refractivity contribution is 5.93. The van der Waals surface area contributed by atoms with E-state index in [2.05, 4.69) is 22.6 Å². The van der Waals surface area contributed by atoms with Gasteiger partial charge in [0.2, 0.25) is 0 Å². The zero-order chi connectivity index (χ0) is 18.1.